The van der Waals surface area contributed by atoms with Gasteiger partial charge in [-0.2, -0.15) is 0 Å². The topological polar surface area (TPSA) is 65.1 Å². The van der Waals surface area contributed by atoms with E-state index < -0.39 is 0 Å². The van der Waals surface area contributed by atoms with E-state index in [-0.39, 0.29) is 24.2 Å². The van der Waals surface area contributed by atoms with Crippen LogP contribution in [-0.2, 0) is 14.3 Å². The Labute approximate surface area is 161 Å². The predicted molar refractivity (Wildman–Crippen MR) is 106 cm³/mol. The minimum Gasteiger partial charge on any atom is -0.378 e. The van der Waals surface area contributed by atoms with Gasteiger partial charge in [-0.3, -0.25) is 9.59 Å². The number of amides is 2. The molecule has 0 radical (unpaired) electrons. The first-order valence-corrected chi connectivity index (χ1v) is 9.71. The molecule has 0 aliphatic carbocycles. The molecule has 7 heteroatoms. The summed E-state index contributed by atoms with van der Waals surface area (Å²) in [7, 11) is 4.03. The lowest BCUT2D eigenvalue weighted by Crippen LogP contribution is -2.38. The number of carbonyl (C=O) groups excluding carboxylic acids is 2. The second-order valence-electron chi connectivity index (χ2n) is 7.44. The summed E-state index contributed by atoms with van der Waals surface area (Å²) < 4.78 is 5.44. The summed E-state index contributed by atoms with van der Waals surface area (Å²) in [6.07, 6.45) is 1.18. The highest BCUT2D eigenvalue weighted by Crippen LogP contribution is 2.34. The molecule has 1 N–H and O–H groups in total. The molecule has 1 unspecified atom stereocenters. The zero-order chi connectivity index (χ0) is 19.2. The van der Waals surface area contributed by atoms with Gasteiger partial charge in [0.25, 0.3) is 0 Å². The van der Waals surface area contributed by atoms with Crippen molar-refractivity contribution >= 4 is 23.2 Å². The lowest BCUT2D eigenvalue weighted by atomic mass is 10.1. The quantitative estimate of drug-likeness (QED) is 0.720. The SMILES string of the molecule is CN(C)CCCNC(=O)C1CC(=O)N(c2ccccc2N2CCOCC2)C1. The van der Waals surface area contributed by atoms with Crippen molar-refractivity contribution in [1.29, 1.82) is 0 Å². The number of ether oxygens (including phenoxy) is 1. The van der Waals surface area contributed by atoms with E-state index in [1.54, 1.807) is 4.90 Å². The third-order valence-electron chi connectivity index (χ3n) is 5.10. The van der Waals surface area contributed by atoms with Gasteiger partial charge in [0.2, 0.25) is 11.8 Å². The van der Waals surface area contributed by atoms with E-state index in [1.807, 2.05) is 38.4 Å². The van der Waals surface area contributed by atoms with E-state index in [1.165, 1.54) is 0 Å². The Morgan fingerprint density at radius 1 is 1.22 bits per heavy atom. The van der Waals surface area contributed by atoms with Crippen LogP contribution in [0.2, 0.25) is 0 Å². The molecule has 2 amide bonds. The first kappa shape index (κ1) is 19.6. The molecule has 3 rings (SSSR count). The molecule has 0 spiro atoms. The predicted octanol–water partition coefficient (Wildman–Crippen LogP) is 0.944. The van der Waals surface area contributed by atoms with Gasteiger partial charge >= 0.3 is 0 Å². The van der Waals surface area contributed by atoms with Gasteiger partial charge in [-0.15, -0.1) is 0 Å². The van der Waals surface area contributed by atoms with E-state index in [0.717, 1.165) is 37.4 Å². The third kappa shape index (κ3) is 4.99. The van der Waals surface area contributed by atoms with Crippen molar-refractivity contribution in [2.45, 2.75) is 12.8 Å². The number of benzene rings is 1. The maximum atomic E-state index is 12.6. The fraction of sp³-hybridized carbons (Fsp3) is 0.600. The van der Waals surface area contributed by atoms with Gasteiger partial charge in [0.15, 0.2) is 0 Å². The number of nitrogens with one attached hydrogen (secondary N) is 1. The summed E-state index contributed by atoms with van der Waals surface area (Å²) in [4.78, 5) is 31.2. The van der Waals surface area contributed by atoms with Crippen LogP contribution in [0.3, 0.4) is 0 Å². The molecule has 2 fully saturated rings. The molecule has 1 aromatic rings. The Balaban J connectivity index is 1.63. The number of anilines is 2. The minimum atomic E-state index is -0.283. The van der Waals surface area contributed by atoms with Crippen LogP contribution in [0.15, 0.2) is 24.3 Å². The third-order valence-corrected chi connectivity index (χ3v) is 5.10. The van der Waals surface area contributed by atoms with Crippen molar-refractivity contribution in [2.75, 3.05) is 69.8 Å². The molecule has 1 aromatic carbocycles. The summed E-state index contributed by atoms with van der Waals surface area (Å²) in [5.74, 6) is -0.285. The van der Waals surface area contributed by atoms with Gasteiger partial charge < -0.3 is 24.8 Å². The van der Waals surface area contributed by atoms with E-state index in [9.17, 15) is 9.59 Å². The maximum Gasteiger partial charge on any atom is 0.227 e. The normalized spacial score (nSPS) is 20.4. The monoisotopic (exact) mass is 374 g/mol. The van der Waals surface area contributed by atoms with Gasteiger partial charge in [0.05, 0.1) is 30.5 Å². The molecule has 1 atom stereocenters. The smallest absolute Gasteiger partial charge is 0.227 e. The highest BCUT2D eigenvalue weighted by atomic mass is 16.5. The Bertz CT molecular complexity index is 658. The molecule has 0 bridgehead atoms. The van der Waals surface area contributed by atoms with Crippen molar-refractivity contribution in [1.82, 2.24) is 10.2 Å². The summed E-state index contributed by atoms with van der Waals surface area (Å²) in [6.45, 7) is 5.04. The number of para-hydroxylation sites is 2. The number of hydrogen-bond acceptors (Lipinski definition) is 5. The van der Waals surface area contributed by atoms with Crippen molar-refractivity contribution in [3.8, 4) is 0 Å². The average molecular weight is 374 g/mol. The molecular weight excluding hydrogens is 344 g/mol. The van der Waals surface area contributed by atoms with Crippen molar-refractivity contribution in [3.05, 3.63) is 24.3 Å². The molecule has 2 saturated heterocycles. The van der Waals surface area contributed by atoms with Gasteiger partial charge in [-0.05, 0) is 39.2 Å². The fourth-order valence-electron chi connectivity index (χ4n) is 3.63. The van der Waals surface area contributed by atoms with E-state index >= 15 is 0 Å². The lowest BCUT2D eigenvalue weighted by molar-refractivity contribution is -0.126. The number of rotatable bonds is 7. The Hall–Kier alpha value is -2.12. The van der Waals surface area contributed by atoms with E-state index in [4.69, 9.17) is 4.74 Å². The number of morpholine rings is 1. The molecule has 2 heterocycles. The zero-order valence-corrected chi connectivity index (χ0v) is 16.3. The Morgan fingerprint density at radius 3 is 2.63 bits per heavy atom. The molecule has 7 nitrogen and oxygen atoms in total. The highest BCUT2D eigenvalue weighted by Gasteiger charge is 2.36. The first-order chi connectivity index (χ1) is 13.1. The lowest BCUT2D eigenvalue weighted by Gasteiger charge is -2.32. The molecule has 27 heavy (non-hydrogen) atoms. The van der Waals surface area contributed by atoms with E-state index in [2.05, 4.69) is 15.1 Å². The summed E-state index contributed by atoms with van der Waals surface area (Å²) >= 11 is 0. The summed E-state index contributed by atoms with van der Waals surface area (Å²) in [5.41, 5.74) is 1.94. The molecule has 0 aromatic heterocycles. The van der Waals surface area contributed by atoms with Crippen LogP contribution in [0.25, 0.3) is 0 Å². The van der Waals surface area contributed by atoms with Crippen LogP contribution in [0.5, 0.6) is 0 Å². The van der Waals surface area contributed by atoms with Crippen LogP contribution >= 0.6 is 0 Å². The molecule has 2 aliphatic heterocycles. The summed E-state index contributed by atoms with van der Waals surface area (Å²) in [6, 6.07) is 7.95. The molecule has 148 valence electrons. The minimum absolute atomic E-state index is 0.0177. The number of hydrogen-bond donors (Lipinski definition) is 1. The Kier molecular flexibility index (Phi) is 6.68. The maximum absolute atomic E-state index is 12.6. The first-order valence-electron chi connectivity index (χ1n) is 9.71. The Morgan fingerprint density at radius 2 is 1.93 bits per heavy atom. The zero-order valence-electron chi connectivity index (χ0n) is 16.3. The van der Waals surface area contributed by atoms with E-state index in [0.29, 0.717) is 26.3 Å². The second kappa shape index (κ2) is 9.19. The highest BCUT2D eigenvalue weighted by molar-refractivity contribution is 6.02. The van der Waals surface area contributed by atoms with Gasteiger partial charge in [0.1, 0.15) is 0 Å². The standard InChI is InChI=1S/C20H30N4O3/c1-22(2)9-5-8-21-20(26)16-14-19(25)24(15-16)18-7-4-3-6-17(18)23-10-12-27-13-11-23/h3-4,6-7,16H,5,8-15H2,1-2H3,(H,21,26). The fourth-order valence-corrected chi connectivity index (χ4v) is 3.63. The van der Waals surface area contributed by atoms with Crippen LogP contribution < -0.4 is 15.1 Å². The number of carbonyl (C=O) groups is 2. The van der Waals surface area contributed by atoms with Gasteiger partial charge in [0, 0.05) is 32.6 Å². The summed E-state index contributed by atoms with van der Waals surface area (Å²) in [5, 5.41) is 2.98. The van der Waals surface area contributed by atoms with Crippen LogP contribution in [0.1, 0.15) is 12.8 Å². The van der Waals surface area contributed by atoms with Crippen LogP contribution in [-0.4, -0.2) is 76.7 Å². The van der Waals surface area contributed by atoms with Crippen LogP contribution in [0.4, 0.5) is 11.4 Å². The van der Waals surface area contributed by atoms with Crippen molar-refractivity contribution < 1.29 is 14.3 Å². The average Bonchev–Trinajstić information content (AvgIpc) is 3.07. The number of nitrogens with zero attached hydrogens (tertiary/aromatic N) is 3. The van der Waals surface area contributed by atoms with Gasteiger partial charge in [-0.25, -0.2) is 0 Å². The molecular formula is C20H30N4O3. The van der Waals surface area contributed by atoms with Crippen molar-refractivity contribution in [3.63, 3.8) is 0 Å². The molecule has 2 aliphatic rings. The second-order valence-corrected chi connectivity index (χ2v) is 7.44. The molecule has 0 saturated carbocycles. The van der Waals surface area contributed by atoms with Crippen molar-refractivity contribution in [2.24, 2.45) is 5.92 Å². The largest absolute Gasteiger partial charge is 0.378 e. The van der Waals surface area contributed by atoms with Gasteiger partial charge in [-0.1, -0.05) is 12.1 Å². The van der Waals surface area contributed by atoms with Crippen LogP contribution in [0, 0.1) is 5.92 Å².